The second kappa shape index (κ2) is 6.36. The van der Waals surface area contributed by atoms with Crippen LogP contribution in [0.1, 0.15) is 11.1 Å². The van der Waals surface area contributed by atoms with E-state index >= 15 is 0 Å². The van der Waals surface area contributed by atoms with Gasteiger partial charge < -0.3 is 14.9 Å². The maximum atomic E-state index is 9.37. The fourth-order valence-corrected chi connectivity index (χ4v) is 3.03. The summed E-state index contributed by atoms with van der Waals surface area (Å²) < 4.78 is 0. The first kappa shape index (κ1) is 14.9. The first-order chi connectivity index (χ1) is 10.6. The Labute approximate surface area is 136 Å². The molecule has 1 aliphatic rings. The molecule has 0 bridgehead atoms. The molecule has 0 saturated carbocycles. The topological polar surface area (TPSA) is 26.7 Å². The van der Waals surface area contributed by atoms with E-state index in [1.165, 1.54) is 11.3 Å². The largest absolute Gasteiger partial charge is 0.508 e. The van der Waals surface area contributed by atoms with Gasteiger partial charge in [0.05, 0.1) is 0 Å². The van der Waals surface area contributed by atoms with Crippen LogP contribution in [0.25, 0.3) is 0 Å². The first-order valence-electron chi connectivity index (χ1n) is 7.53. The van der Waals surface area contributed by atoms with Gasteiger partial charge in [0.25, 0.3) is 0 Å². The summed E-state index contributed by atoms with van der Waals surface area (Å²) >= 11 is 5.58. The standard InChI is InChI=1S/C18H20N2OS/c1-14-2-6-16(7-3-14)19-10-12-20(13-11-19)18(22)15-4-8-17(21)9-5-15/h2-9,21H,10-13H2,1H3. The van der Waals surface area contributed by atoms with Crippen LogP contribution in [-0.4, -0.2) is 41.2 Å². The van der Waals surface area contributed by atoms with Crippen molar-refractivity contribution < 1.29 is 5.11 Å². The second-order valence-corrected chi connectivity index (χ2v) is 6.05. The Morgan fingerprint density at radius 2 is 1.50 bits per heavy atom. The summed E-state index contributed by atoms with van der Waals surface area (Å²) in [5.41, 5.74) is 3.56. The number of aromatic hydroxyl groups is 1. The van der Waals surface area contributed by atoms with E-state index in [4.69, 9.17) is 12.2 Å². The van der Waals surface area contributed by atoms with Crippen LogP contribution >= 0.6 is 12.2 Å². The third-order valence-corrected chi connectivity index (χ3v) is 4.57. The molecule has 2 aromatic carbocycles. The quantitative estimate of drug-likeness (QED) is 0.862. The number of thiocarbonyl (C=S) groups is 1. The Morgan fingerprint density at radius 1 is 0.909 bits per heavy atom. The minimum absolute atomic E-state index is 0.274. The molecule has 4 heteroatoms. The Morgan fingerprint density at radius 3 is 2.09 bits per heavy atom. The summed E-state index contributed by atoms with van der Waals surface area (Å²) in [4.78, 5) is 5.51. The maximum absolute atomic E-state index is 9.37. The normalized spacial score (nSPS) is 15.0. The highest BCUT2D eigenvalue weighted by Gasteiger charge is 2.19. The Kier molecular flexibility index (Phi) is 4.29. The van der Waals surface area contributed by atoms with Crippen LogP contribution in [0.4, 0.5) is 5.69 Å². The molecule has 0 spiro atoms. The number of phenolic OH excluding ortho intramolecular Hbond substituents is 1. The van der Waals surface area contributed by atoms with Gasteiger partial charge >= 0.3 is 0 Å². The molecule has 0 amide bonds. The van der Waals surface area contributed by atoms with Crippen LogP contribution in [0.15, 0.2) is 48.5 Å². The number of phenols is 1. The molecule has 1 N–H and O–H groups in total. The van der Waals surface area contributed by atoms with Crippen molar-refractivity contribution in [2.24, 2.45) is 0 Å². The van der Waals surface area contributed by atoms with E-state index in [0.717, 1.165) is 36.7 Å². The Hall–Kier alpha value is -2.07. The summed E-state index contributed by atoms with van der Waals surface area (Å²) in [7, 11) is 0. The van der Waals surface area contributed by atoms with Gasteiger partial charge in [-0.1, -0.05) is 29.9 Å². The third-order valence-electron chi connectivity index (χ3n) is 4.08. The fraction of sp³-hybridized carbons (Fsp3) is 0.278. The highest BCUT2D eigenvalue weighted by molar-refractivity contribution is 7.80. The number of aryl methyl sites for hydroxylation is 1. The first-order valence-corrected chi connectivity index (χ1v) is 7.94. The Balaban J connectivity index is 1.62. The zero-order chi connectivity index (χ0) is 15.5. The van der Waals surface area contributed by atoms with Crippen molar-refractivity contribution in [3.63, 3.8) is 0 Å². The van der Waals surface area contributed by atoms with Gasteiger partial charge in [0.15, 0.2) is 0 Å². The number of benzene rings is 2. The number of hydrogen-bond acceptors (Lipinski definition) is 3. The summed E-state index contributed by atoms with van der Waals surface area (Å²) in [6, 6.07) is 15.8. The minimum Gasteiger partial charge on any atom is -0.508 e. The van der Waals surface area contributed by atoms with Crippen LogP contribution in [0, 0.1) is 6.92 Å². The smallest absolute Gasteiger partial charge is 0.115 e. The minimum atomic E-state index is 0.274. The highest BCUT2D eigenvalue weighted by atomic mass is 32.1. The second-order valence-electron chi connectivity index (χ2n) is 5.66. The number of nitrogens with zero attached hydrogens (tertiary/aromatic N) is 2. The molecule has 22 heavy (non-hydrogen) atoms. The van der Waals surface area contributed by atoms with Crippen molar-refractivity contribution in [2.45, 2.75) is 6.92 Å². The van der Waals surface area contributed by atoms with Crippen LogP contribution in [0.5, 0.6) is 5.75 Å². The van der Waals surface area contributed by atoms with E-state index in [2.05, 4.69) is 41.0 Å². The average molecular weight is 312 g/mol. The van der Waals surface area contributed by atoms with E-state index in [9.17, 15) is 5.11 Å². The lowest BCUT2D eigenvalue weighted by Gasteiger charge is -2.37. The number of hydrogen-bond donors (Lipinski definition) is 1. The average Bonchev–Trinajstić information content (AvgIpc) is 2.56. The summed E-state index contributed by atoms with van der Waals surface area (Å²) in [6.07, 6.45) is 0. The van der Waals surface area contributed by atoms with Gasteiger partial charge in [0.2, 0.25) is 0 Å². The van der Waals surface area contributed by atoms with E-state index < -0.39 is 0 Å². The molecule has 1 saturated heterocycles. The van der Waals surface area contributed by atoms with Gasteiger partial charge in [0, 0.05) is 37.4 Å². The Bertz CT molecular complexity index is 644. The lowest BCUT2D eigenvalue weighted by Crippen LogP contribution is -2.48. The van der Waals surface area contributed by atoms with E-state index in [0.29, 0.717) is 0 Å². The molecule has 114 valence electrons. The van der Waals surface area contributed by atoms with Crippen molar-refractivity contribution in [3.8, 4) is 5.75 Å². The number of piperazine rings is 1. The molecule has 0 aliphatic carbocycles. The summed E-state index contributed by atoms with van der Waals surface area (Å²) in [6.45, 7) is 5.90. The van der Waals surface area contributed by atoms with Crippen molar-refractivity contribution in [3.05, 3.63) is 59.7 Å². The molecule has 0 atom stereocenters. The predicted molar refractivity (Wildman–Crippen MR) is 94.8 cm³/mol. The highest BCUT2D eigenvalue weighted by Crippen LogP contribution is 2.19. The molecule has 3 nitrogen and oxygen atoms in total. The van der Waals surface area contributed by atoms with Gasteiger partial charge in [-0.05, 0) is 43.3 Å². The van der Waals surface area contributed by atoms with Crippen LogP contribution in [-0.2, 0) is 0 Å². The SMILES string of the molecule is Cc1ccc(N2CCN(C(=S)c3ccc(O)cc3)CC2)cc1. The fourth-order valence-electron chi connectivity index (χ4n) is 2.71. The molecule has 1 heterocycles. The van der Waals surface area contributed by atoms with Crippen molar-refractivity contribution in [1.29, 1.82) is 0 Å². The molecule has 1 fully saturated rings. The zero-order valence-electron chi connectivity index (χ0n) is 12.7. The lowest BCUT2D eigenvalue weighted by molar-refractivity contribution is 0.392. The zero-order valence-corrected chi connectivity index (χ0v) is 13.5. The van der Waals surface area contributed by atoms with Crippen LogP contribution < -0.4 is 4.90 Å². The number of anilines is 1. The van der Waals surface area contributed by atoms with Crippen molar-refractivity contribution >= 4 is 22.9 Å². The molecular formula is C18H20N2OS. The maximum Gasteiger partial charge on any atom is 0.115 e. The third kappa shape index (κ3) is 3.22. The molecular weight excluding hydrogens is 292 g/mol. The number of rotatable bonds is 2. The van der Waals surface area contributed by atoms with Crippen molar-refractivity contribution in [2.75, 3.05) is 31.1 Å². The van der Waals surface area contributed by atoms with Gasteiger partial charge in [-0.25, -0.2) is 0 Å². The van der Waals surface area contributed by atoms with Gasteiger partial charge in [0.1, 0.15) is 10.7 Å². The molecule has 0 aromatic heterocycles. The lowest BCUT2D eigenvalue weighted by atomic mass is 10.1. The van der Waals surface area contributed by atoms with E-state index in [1.807, 2.05) is 12.1 Å². The monoisotopic (exact) mass is 312 g/mol. The van der Waals surface area contributed by atoms with E-state index in [-0.39, 0.29) is 5.75 Å². The van der Waals surface area contributed by atoms with Crippen LogP contribution in [0.2, 0.25) is 0 Å². The molecule has 2 aromatic rings. The summed E-state index contributed by atoms with van der Waals surface area (Å²) in [5.74, 6) is 0.274. The summed E-state index contributed by atoms with van der Waals surface area (Å²) in [5, 5.41) is 9.37. The van der Waals surface area contributed by atoms with Gasteiger partial charge in [-0.3, -0.25) is 0 Å². The van der Waals surface area contributed by atoms with Gasteiger partial charge in [-0.15, -0.1) is 0 Å². The molecule has 0 unspecified atom stereocenters. The molecule has 3 rings (SSSR count). The molecule has 1 aliphatic heterocycles. The van der Waals surface area contributed by atoms with E-state index in [1.54, 1.807) is 12.1 Å². The predicted octanol–water partition coefficient (Wildman–Crippen LogP) is 3.20. The molecule has 0 radical (unpaired) electrons. The van der Waals surface area contributed by atoms with Gasteiger partial charge in [-0.2, -0.15) is 0 Å². The van der Waals surface area contributed by atoms with Crippen molar-refractivity contribution in [1.82, 2.24) is 4.90 Å². The van der Waals surface area contributed by atoms with Crippen LogP contribution in [0.3, 0.4) is 0 Å².